The Bertz CT molecular complexity index is 145. The topological polar surface area (TPSA) is 18.5 Å². The van der Waals surface area contributed by atoms with Crippen LogP contribution in [0.4, 0.5) is 0 Å². The maximum absolute atomic E-state index is 5.23. The minimum atomic E-state index is 0.138. The van der Waals surface area contributed by atoms with E-state index >= 15 is 0 Å². The van der Waals surface area contributed by atoms with Crippen LogP contribution in [-0.2, 0) is 9.78 Å². The van der Waals surface area contributed by atoms with Gasteiger partial charge >= 0.3 is 0 Å². The Labute approximate surface area is 88.9 Å². The van der Waals surface area contributed by atoms with Gasteiger partial charge in [-0.2, -0.15) is 0 Å². The second-order valence-electron chi connectivity index (χ2n) is 5.57. The van der Waals surface area contributed by atoms with Gasteiger partial charge in [0.1, 0.15) is 0 Å². The summed E-state index contributed by atoms with van der Waals surface area (Å²) >= 11 is 0. The zero-order valence-electron chi connectivity index (χ0n) is 10.6. The van der Waals surface area contributed by atoms with Gasteiger partial charge in [-0.05, 0) is 17.3 Å². The predicted octanol–water partition coefficient (Wildman–Crippen LogP) is 3.81. The standard InChI is InChI=1S/C12H26O2/c1-7-8-9-13-14-10-12(5,6)11(2,3)4/h7-10H2,1-6H3. The molecule has 0 heterocycles. The van der Waals surface area contributed by atoms with Crippen molar-refractivity contribution in [3.8, 4) is 0 Å². The van der Waals surface area contributed by atoms with Crippen LogP contribution in [0.5, 0.6) is 0 Å². The first kappa shape index (κ1) is 13.9. The molecule has 0 saturated heterocycles. The van der Waals surface area contributed by atoms with Crippen LogP contribution in [0.15, 0.2) is 0 Å². The quantitative estimate of drug-likeness (QED) is 0.370. The van der Waals surface area contributed by atoms with Crippen molar-refractivity contribution in [1.82, 2.24) is 0 Å². The minimum Gasteiger partial charge on any atom is -0.237 e. The average Bonchev–Trinajstić information content (AvgIpc) is 2.02. The lowest BCUT2D eigenvalue weighted by Gasteiger charge is -2.37. The highest BCUT2D eigenvalue weighted by atomic mass is 17.2. The highest BCUT2D eigenvalue weighted by Gasteiger charge is 2.33. The van der Waals surface area contributed by atoms with Crippen LogP contribution in [0.3, 0.4) is 0 Å². The molecule has 0 rings (SSSR count). The number of rotatable bonds is 6. The highest BCUT2D eigenvalue weighted by molar-refractivity contribution is 4.81. The number of hydrogen-bond acceptors (Lipinski definition) is 2. The first-order valence-corrected chi connectivity index (χ1v) is 5.55. The average molecular weight is 202 g/mol. The fourth-order valence-electron chi connectivity index (χ4n) is 0.668. The molecule has 2 nitrogen and oxygen atoms in total. The molecule has 0 aliphatic carbocycles. The Morgan fingerprint density at radius 2 is 1.50 bits per heavy atom. The molecule has 0 aliphatic heterocycles. The van der Waals surface area contributed by atoms with Crippen LogP contribution in [0.1, 0.15) is 54.4 Å². The van der Waals surface area contributed by atoms with E-state index in [1.165, 1.54) is 0 Å². The normalized spacial score (nSPS) is 13.3. The van der Waals surface area contributed by atoms with Crippen molar-refractivity contribution in [3.63, 3.8) is 0 Å². The fraction of sp³-hybridized carbons (Fsp3) is 1.00. The van der Waals surface area contributed by atoms with Gasteiger partial charge in [-0.3, -0.25) is 0 Å². The SMILES string of the molecule is CCCCOOCC(C)(C)C(C)(C)C. The maximum atomic E-state index is 5.23. The molecule has 86 valence electrons. The summed E-state index contributed by atoms with van der Waals surface area (Å²) in [5, 5.41) is 0. The Hall–Kier alpha value is -0.0800. The third kappa shape index (κ3) is 4.97. The molecular formula is C12H26O2. The summed E-state index contributed by atoms with van der Waals surface area (Å²) in [5.41, 5.74) is 0.375. The second-order valence-corrected chi connectivity index (χ2v) is 5.57. The van der Waals surface area contributed by atoms with E-state index in [2.05, 4.69) is 41.5 Å². The summed E-state index contributed by atoms with van der Waals surface area (Å²) in [4.78, 5) is 10.3. The fourth-order valence-corrected chi connectivity index (χ4v) is 0.668. The van der Waals surface area contributed by atoms with E-state index in [9.17, 15) is 0 Å². The summed E-state index contributed by atoms with van der Waals surface area (Å²) in [6, 6.07) is 0. The molecule has 0 aromatic rings. The van der Waals surface area contributed by atoms with Gasteiger partial charge in [0.2, 0.25) is 0 Å². The molecule has 14 heavy (non-hydrogen) atoms. The monoisotopic (exact) mass is 202 g/mol. The van der Waals surface area contributed by atoms with Crippen LogP contribution < -0.4 is 0 Å². The van der Waals surface area contributed by atoms with Crippen LogP contribution in [0, 0.1) is 10.8 Å². The molecule has 0 aliphatic rings. The highest BCUT2D eigenvalue weighted by Crippen LogP contribution is 2.37. The molecule has 0 atom stereocenters. The lowest BCUT2D eigenvalue weighted by Crippen LogP contribution is -2.34. The second kappa shape index (κ2) is 5.72. The van der Waals surface area contributed by atoms with Gasteiger partial charge in [-0.1, -0.05) is 48.0 Å². The molecule has 2 heteroatoms. The molecule has 0 N–H and O–H groups in total. The van der Waals surface area contributed by atoms with E-state index < -0.39 is 0 Å². The molecule has 0 amide bonds. The lowest BCUT2D eigenvalue weighted by atomic mass is 9.70. The minimum absolute atomic E-state index is 0.138. The molecule has 0 saturated carbocycles. The van der Waals surface area contributed by atoms with Crippen molar-refractivity contribution in [2.45, 2.75) is 54.4 Å². The van der Waals surface area contributed by atoms with Crippen molar-refractivity contribution in [2.24, 2.45) is 10.8 Å². The predicted molar refractivity (Wildman–Crippen MR) is 60.0 cm³/mol. The third-order valence-electron chi connectivity index (χ3n) is 3.11. The molecule has 0 aromatic heterocycles. The van der Waals surface area contributed by atoms with Crippen LogP contribution in [0.25, 0.3) is 0 Å². The summed E-state index contributed by atoms with van der Waals surface area (Å²) in [5.74, 6) is 0. The Morgan fingerprint density at radius 3 is 1.93 bits per heavy atom. The van der Waals surface area contributed by atoms with E-state index in [1.54, 1.807) is 0 Å². The van der Waals surface area contributed by atoms with E-state index in [0.717, 1.165) is 12.8 Å². The summed E-state index contributed by atoms with van der Waals surface area (Å²) in [7, 11) is 0. The molecule has 0 radical (unpaired) electrons. The number of hydrogen-bond donors (Lipinski definition) is 0. The van der Waals surface area contributed by atoms with Gasteiger partial charge in [-0.25, -0.2) is 9.78 Å². The van der Waals surface area contributed by atoms with Crippen molar-refractivity contribution in [2.75, 3.05) is 13.2 Å². The summed E-state index contributed by atoms with van der Waals surface area (Å²) in [6.07, 6.45) is 2.21. The molecule has 0 fully saturated rings. The van der Waals surface area contributed by atoms with E-state index in [-0.39, 0.29) is 10.8 Å². The molecule has 0 bridgehead atoms. The van der Waals surface area contributed by atoms with Gasteiger partial charge in [0, 0.05) is 0 Å². The zero-order valence-corrected chi connectivity index (χ0v) is 10.6. The van der Waals surface area contributed by atoms with Gasteiger partial charge in [0.05, 0.1) is 13.2 Å². The van der Waals surface area contributed by atoms with Crippen molar-refractivity contribution >= 4 is 0 Å². The van der Waals surface area contributed by atoms with Gasteiger partial charge in [0.15, 0.2) is 0 Å². The summed E-state index contributed by atoms with van der Waals surface area (Å²) < 4.78 is 0. The van der Waals surface area contributed by atoms with Crippen LogP contribution in [0.2, 0.25) is 0 Å². The molecule has 0 spiro atoms. The van der Waals surface area contributed by atoms with E-state index in [4.69, 9.17) is 9.78 Å². The van der Waals surface area contributed by atoms with E-state index in [1.807, 2.05) is 0 Å². The van der Waals surface area contributed by atoms with Crippen LogP contribution >= 0.6 is 0 Å². The maximum Gasteiger partial charge on any atom is 0.0878 e. The van der Waals surface area contributed by atoms with E-state index in [0.29, 0.717) is 13.2 Å². The zero-order chi connectivity index (χ0) is 11.2. The molecular weight excluding hydrogens is 176 g/mol. The largest absolute Gasteiger partial charge is 0.237 e. The van der Waals surface area contributed by atoms with Crippen LogP contribution in [-0.4, -0.2) is 13.2 Å². The smallest absolute Gasteiger partial charge is 0.0878 e. The first-order chi connectivity index (χ1) is 6.31. The Morgan fingerprint density at radius 1 is 0.929 bits per heavy atom. The third-order valence-corrected chi connectivity index (χ3v) is 3.11. The molecule has 0 aromatic carbocycles. The first-order valence-electron chi connectivity index (χ1n) is 5.55. The van der Waals surface area contributed by atoms with Gasteiger partial charge in [0.25, 0.3) is 0 Å². The number of unbranched alkanes of at least 4 members (excludes halogenated alkanes) is 1. The Balaban J connectivity index is 3.67. The van der Waals surface area contributed by atoms with Gasteiger partial charge < -0.3 is 0 Å². The van der Waals surface area contributed by atoms with Gasteiger partial charge in [-0.15, -0.1) is 0 Å². The van der Waals surface area contributed by atoms with Crippen molar-refractivity contribution in [1.29, 1.82) is 0 Å². The lowest BCUT2D eigenvalue weighted by molar-refractivity contribution is -0.314. The van der Waals surface area contributed by atoms with Crippen molar-refractivity contribution in [3.05, 3.63) is 0 Å². The summed E-state index contributed by atoms with van der Waals surface area (Å²) in [6.45, 7) is 14.6. The van der Waals surface area contributed by atoms with Crippen molar-refractivity contribution < 1.29 is 9.78 Å². The molecule has 0 unspecified atom stereocenters. The Kier molecular flexibility index (Phi) is 5.68.